The Bertz CT molecular complexity index is 1240. The third-order valence-electron chi connectivity index (χ3n) is 4.98. The van der Waals surface area contributed by atoms with Crippen LogP contribution in [0.2, 0.25) is 5.02 Å². The number of amides is 2. The van der Waals surface area contributed by atoms with E-state index in [2.05, 4.69) is 36.3 Å². The highest BCUT2D eigenvalue weighted by atomic mass is 35.5. The van der Waals surface area contributed by atoms with Crippen molar-refractivity contribution in [3.05, 3.63) is 45.9 Å². The topological polar surface area (TPSA) is 142 Å². The fourth-order valence-electron chi connectivity index (χ4n) is 3.53. The predicted molar refractivity (Wildman–Crippen MR) is 128 cm³/mol. The smallest absolute Gasteiger partial charge is 0.254 e. The van der Waals surface area contributed by atoms with Gasteiger partial charge in [0, 0.05) is 17.7 Å². The number of nitrogens with two attached hydrogens (primary N) is 2. The van der Waals surface area contributed by atoms with E-state index in [9.17, 15) is 9.59 Å². The van der Waals surface area contributed by atoms with Crippen LogP contribution in [0.3, 0.4) is 0 Å². The zero-order chi connectivity index (χ0) is 25.4. The van der Waals surface area contributed by atoms with Crippen molar-refractivity contribution < 1.29 is 18.5 Å². The molecule has 0 atom stereocenters. The molecule has 0 radical (unpaired) electrons. The fraction of sp³-hybridized carbons (Fsp3) is 0.391. The van der Waals surface area contributed by atoms with E-state index in [1.807, 2.05) is 13.8 Å². The fourth-order valence-corrected chi connectivity index (χ4v) is 3.77. The van der Waals surface area contributed by atoms with Gasteiger partial charge in [-0.25, -0.2) is 9.07 Å². The van der Waals surface area contributed by atoms with Crippen LogP contribution in [-0.4, -0.2) is 26.8 Å². The number of hydrogen-bond acceptors (Lipinski definition) is 6. The molecule has 0 aliphatic rings. The lowest BCUT2D eigenvalue weighted by Gasteiger charge is -2.14. The minimum absolute atomic E-state index is 0.00893. The molecular formula is C23H28ClFN6O3. The van der Waals surface area contributed by atoms with Gasteiger partial charge in [-0.3, -0.25) is 14.9 Å². The average Bonchev–Trinajstić information content (AvgIpc) is 3.27. The minimum atomic E-state index is -0.838. The van der Waals surface area contributed by atoms with Crippen LogP contribution in [0.1, 0.15) is 62.3 Å². The Hall–Kier alpha value is -3.40. The molecule has 1 aromatic carbocycles. The van der Waals surface area contributed by atoms with Crippen LogP contribution in [0.25, 0.3) is 11.3 Å². The molecule has 0 saturated heterocycles. The van der Waals surface area contributed by atoms with Crippen LogP contribution in [-0.2, 0) is 17.6 Å². The lowest BCUT2D eigenvalue weighted by Crippen LogP contribution is -2.15. The largest absolute Gasteiger partial charge is 0.383 e. The molecule has 0 bridgehead atoms. The maximum atomic E-state index is 15.2. The van der Waals surface area contributed by atoms with E-state index >= 15 is 4.39 Å². The third-order valence-corrected chi connectivity index (χ3v) is 5.39. The molecule has 11 heteroatoms. The van der Waals surface area contributed by atoms with Gasteiger partial charge in [0.1, 0.15) is 17.1 Å². The van der Waals surface area contributed by atoms with Gasteiger partial charge in [-0.15, -0.1) is 0 Å². The number of carbonyl (C=O) groups excluding carboxylic acids is 2. The van der Waals surface area contributed by atoms with Crippen LogP contribution in [0.15, 0.2) is 22.7 Å². The minimum Gasteiger partial charge on any atom is -0.383 e. The first-order chi connectivity index (χ1) is 15.8. The number of carbonyl (C=O) groups is 2. The summed E-state index contributed by atoms with van der Waals surface area (Å²) in [7, 11) is 0. The van der Waals surface area contributed by atoms with E-state index in [0.717, 1.165) is 0 Å². The van der Waals surface area contributed by atoms with Crippen molar-refractivity contribution in [2.45, 2.75) is 53.5 Å². The predicted octanol–water partition coefficient (Wildman–Crippen LogP) is 4.36. The van der Waals surface area contributed by atoms with Crippen LogP contribution >= 0.6 is 11.6 Å². The SMILES string of the molecule is CC(C)n1nc(-c2ccc(CC(=O)Nc3cc(CC(C)(C)C)no3)c(Cl)c2F)c(C(N)=O)c1N. The monoisotopic (exact) mass is 490 g/mol. The van der Waals surface area contributed by atoms with Crippen LogP contribution in [0, 0.1) is 11.2 Å². The Balaban J connectivity index is 1.84. The van der Waals surface area contributed by atoms with Crippen LogP contribution in [0.4, 0.5) is 16.1 Å². The van der Waals surface area contributed by atoms with Gasteiger partial charge in [0.15, 0.2) is 5.82 Å². The normalized spacial score (nSPS) is 11.8. The number of nitrogen functional groups attached to an aromatic ring is 1. The third kappa shape index (κ3) is 5.39. The van der Waals surface area contributed by atoms with Gasteiger partial charge >= 0.3 is 0 Å². The molecule has 0 unspecified atom stereocenters. The zero-order valence-electron chi connectivity index (χ0n) is 19.7. The van der Waals surface area contributed by atoms with Crippen molar-refractivity contribution in [2.24, 2.45) is 11.1 Å². The second kappa shape index (κ2) is 9.46. The molecule has 9 nitrogen and oxygen atoms in total. The molecule has 2 amide bonds. The van der Waals surface area contributed by atoms with E-state index in [-0.39, 0.29) is 57.0 Å². The van der Waals surface area contributed by atoms with Gasteiger partial charge in [-0.05, 0) is 37.3 Å². The molecule has 0 aliphatic heterocycles. The molecule has 0 spiro atoms. The zero-order valence-corrected chi connectivity index (χ0v) is 20.5. The lowest BCUT2D eigenvalue weighted by molar-refractivity contribution is -0.115. The number of halogens is 2. The summed E-state index contributed by atoms with van der Waals surface area (Å²) in [5.41, 5.74) is 12.3. The number of anilines is 2. The molecule has 3 aromatic rings. The van der Waals surface area contributed by atoms with Gasteiger partial charge in [0.2, 0.25) is 11.8 Å². The Labute approximate surface area is 201 Å². The molecule has 34 heavy (non-hydrogen) atoms. The second-order valence-corrected chi connectivity index (χ2v) is 9.93. The molecule has 5 N–H and O–H groups in total. The molecular weight excluding hydrogens is 463 g/mol. The van der Waals surface area contributed by atoms with Crippen molar-refractivity contribution in [1.29, 1.82) is 0 Å². The maximum absolute atomic E-state index is 15.2. The number of nitrogens with zero attached hydrogens (tertiary/aromatic N) is 3. The molecule has 0 saturated carbocycles. The van der Waals surface area contributed by atoms with E-state index < -0.39 is 17.6 Å². The summed E-state index contributed by atoms with van der Waals surface area (Å²) in [5, 5.41) is 10.5. The summed E-state index contributed by atoms with van der Waals surface area (Å²) >= 11 is 6.24. The number of nitrogens with one attached hydrogen (secondary N) is 1. The lowest BCUT2D eigenvalue weighted by atomic mass is 9.91. The maximum Gasteiger partial charge on any atom is 0.254 e. The Morgan fingerprint density at radius 2 is 1.97 bits per heavy atom. The highest BCUT2D eigenvalue weighted by molar-refractivity contribution is 6.32. The van der Waals surface area contributed by atoms with Crippen molar-refractivity contribution in [3.63, 3.8) is 0 Å². The summed E-state index contributed by atoms with van der Waals surface area (Å²) < 4.78 is 21.8. The standard InChI is InChI=1S/C23H28ClFN6O3/c1-11(2)31-21(26)17(22(27)33)20(29-31)14-7-6-12(18(24)19(14)25)8-15(32)28-16-9-13(30-34-16)10-23(3,4)5/h6-7,9,11H,8,10,26H2,1-5H3,(H2,27,33)(H,28,32). The first kappa shape index (κ1) is 25.2. The van der Waals surface area contributed by atoms with Gasteiger partial charge in [0.25, 0.3) is 5.91 Å². The van der Waals surface area contributed by atoms with E-state index in [4.69, 9.17) is 27.6 Å². The first-order valence-electron chi connectivity index (χ1n) is 10.7. The highest BCUT2D eigenvalue weighted by Gasteiger charge is 2.26. The van der Waals surface area contributed by atoms with Gasteiger partial charge < -0.3 is 16.0 Å². The molecule has 3 rings (SSSR count). The number of aromatic nitrogens is 3. The first-order valence-corrected chi connectivity index (χ1v) is 11.1. The number of primary amides is 1. The molecule has 182 valence electrons. The summed E-state index contributed by atoms with van der Waals surface area (Å²) in [6.07, 6.45) is 0.464. The van der Waals surface area contributed by atoms with E-state index in [1.54, 1.807) is 6.07 Å². The van der Waals surface area contributed by atoms with Gasteiger partial charge in [-0.2, -0.15) is 5.10 Å². The molecule has 2 heterocycles. The molecule has 0 aliphatic carbocycles. The average molecular weight is 491 g/mol. The van der Waals surface area contributed by atoms with Crippen molar-refractivity contribution in [3.8, 4) is 11.3 Å². The number of benzene rings is 1. The van der Waals surface area contributed by atoms with E-state index in [0.29, 0.717) is 12.1 Å². The van der Waals surface area contributed by atoms with Gasteiger partial charge in [-0.1, -0.05) is 43.6 Å². The van der Waals surface area contributed by atoms with Crippen molar-refractivity contribution in [1.82, 2.24) is 14.9 Å². The van der Waals surface area contributed by atoms with Gasteiger partial charge in [0.05, 0.1) is 17.1 Å². The van der Waals surface area contributed by atoms with E-state index in [1.165, 1.54) is 16.8 Å². The van der Waals surface area contributed by atoms with Crippen molar-refractivity contribution >= 4 is 35.1 Å². The quantitative estimate of drug-likeness (QED) is 0.449. The Morgan fingerprint density at radius 3 is 2.56 bits per heavy atom. The summed E-state index contributed by atoms with van der Waals surface area (Å²) in [6.45, 7) is 9.81. The summed E-state index contributed by atoms with van der Waals surface area (Å²) in [4.78, 5) is 24.5. The number of hydrogen-bond donors (Lipinski definition) is 3. The Kier molecular flexibility index (Phi) is 7.02. The second-order valence-electron chi connectivity index (χ2n) is 9.56. The summed E-state index contributed by atoms with van der Waals surface area (Å²) in [6, 6.07) is 4.34. The summed E-state index contributed by atoms with van der Waals surface area (Å²) in [5.74, 6) is -1.91. The van der Waals surface area contributed by atoms with Crippen LogP contribution in [0.5, 0.6) is 0 Å². The van der Waals surface area contributed by atoms with Crippen LogP contribution < -0.4 is 16.8 Å². The Morgan fingerprint density at radius 1 is 1.29 bits per heavy atom. The molecule has 0 fully saturated rings. The highest BCUT2D eigenvalue weighted by Crippen LogP contribution is 2.35. The number of rotatable bonds is 7. The molecule has 2 aromatic heterocycles. The van der Waals surface area contributed by atoms with Crippen molar-refractivity contribution in [2.75, 3.05) is 11.1 Å².